The van der Waals surface area contributed by atoms with Gasteiger partial charge in [0, 0.05) is 6.42 Å². The fourth-order valence-corrected chi connectivity index (χ4v) is 4.04. The smallest absolute Gasteiger partial charge is 0.245 e. The number of nitrogens with two attached hydrogens (primary N) is 1. The van der Waals surface area contributed by atoms with Gasteiger partial charge in [-0.3, -0.25) is 15.0 Å². The van der Waals surface area contributed by atoms with Gasteiger partial charge in [-0.25, -0.2) is 5.84 Å². The van der Waals surface area contributed by atoms with Gasteiger partial charge in [0.05, 0.1) is 5.41 Å². The number of hydrogen-bond acceptors (Lipinski definition) is 5. The number of aliphatic hydroxyl groups is 1. The summed E-state index contributed by atoms with van der Waals surface area (Å²) in [4.78, 5) is 38.3. The maximum atomic E-state index is 13.2. The van der Waals surface area contributed by atoms with Crippen LogP contribution in [-0.2, 0) is 14.4 Å². The van der Waals surface area contributed by atoms with Gasteiger partial charge in [-0.1, -0.05) is 71.3 Å². The SMILES string of the molecule is CCCCCCCCC(=O)C1(C=O)C=CC(O)=CC1(CCCCC)C(=O)NN. The summed E-state index contributed by atoms with van der Waals surface area (Å²) >= 11 is 0. The van der Waals surface area contributed by atoms with Gasteiger partial charge in [0.15, 0.2) is 5.78 Å². The van der Waals surface area contributed by atoms with E-state index in [2.05, 4.69) is 12.3 Å². The number of nitrogens with one attached hydrogen (secondary N) is 1. The molecule has 0 fully saturated rings. The Hall–Kier alpha value is -1.95. The molecule has 28 heavy (non-hydrogen) atoms. The number of unbranched alkanes of at least 4 members (excludes halogenated alkanes) is 7. The summed E-state index contributed by atoms with van der Waals surface area (Å²) in [6.07, 6.45) is 13.6. The fraction of sp³-hybridized carbons (Fsp3) is 0.682. The number of carbonyl (C=O) groups is 3. The highest BCUT2D eigenvalue weighted by molar-refractivity contribution is 6.08. The van der Waals surface area contributed by atoms with Crippen molar-refractivity contribution >= 4 is 18.0 Å². The van der Waals surface area contributed by atoms with Gasteiger partial charge in [0.25, 0.3) is 0 Å². The lowest BCUT2D eigenvalue weighted by atomic mass is 9.56. The van der Waals surface area contributed by atoms with Crippen LogP contribution in [-0.4, -0.2) is 23.1 Å². The van der Waals surface area contributed by atoms with E-state index >= 15 is 0 Å². The van der Waals surface area contributed by atoms with E-state index in [1.807, 2.05) is 6.92 Å². The molecule has 1 aliphatic carbocycles. The van der Waals surface area contributed by atoms with Crippen molar-refractivity contribution in [2.45, 2.75) is 84.5 Å². The number of hydrazine groups is 1. The van der Waals surface area contributed by atoms with Gasteiger partial charge in [-0.2, -0.15) is 0 Å². The number of allylic oxidation sites excluding steroid dienone is 2. The fourth-order valence-electron chi connectivity index (χ4n) is 4.04. The van der Waals surface area contributed by atoms with E-state index in [-0.39, 0.29) is 24.4 Å². The average molecular weight is 393 g/mol. The molecule has 6 heteroatoms. The van der Waals surface area contributed by atoms with Crippen LogP contribution in [0.4, 0.5) is 0 Å². The minimum atomic E-state index is -1.64. The Morgan fingerprint density at radius 2 is 1.68 bits per heavy atom. The molecule has 0 heterocycles. The molecule has 0 radical (unpaired) electrons. The summed E-state index contributed by atoms with van der Waals surface area (Å²) in [6.45, 7) is 4.18. The van der Waals surface area contributed by atoms with Crippen LogP contribution >= 0.6 is 0 Å². The van der Waals surface area contributed by atoms with Crippen molar-refractivity contribution in [2.75, 3.05) is 0 Å². The molecule has 6 nitrogen and oxygen atoms in total. The second-order valence-electron chi connectivity index (χ2n) is 7.73. The molecule has 2 unspecified atom stereocenters. The highest BCUT2D eigenvalue weighted by atomic mass is 16.3. The lowest BCUT2D eigenvalue weighted by Gasteiger charge is -2.43. The molecule has 0 aromatic carbocycles. The maximum absolute atomic E-state index is 13.2. The van der Waals surface area contributed by atoms with E-state index in [0.717, 1.165) is 38.5 Å². The number of amides is 1. The molecule has 1 amide bonds. The van der Waals surface area contributed by atoms with Crippen molar-refractivity contribution in [3.05, 3.63) is 24.0 Å². The van der Waals surface area contributed by atoms with Gasteiger partial charge >= 0.3 is 0 Å². The molecule has 0 spiro atoms. The Labute approximate surface area is 168 Å². The third-order valence-corrected chi connectivity index (χ3v) is 5.77. The molecule has 0 saturated carbocycles. The highest BCUT2D eigenvalue weighted by Crippen LogP contribution is 2.49. The average Bonchev–Trinajstić information content (AvgIpc) is 2.70. The zero-order valence-electron chi connectivity index (χ0n) is 17.3. The van der Waals surface area contributed by atoms with Gasteiger partial charge in [0.1, 0.15) is 17.5 Å². The Kier molecular flexibility index (Phi) is 10.1. The molecule has 2 atom stereocenters. The third kappa shape index (κ3) is 5.31. The first kappa shape index (κ1) is 24.1. The Morgan fingerprint density at radius 3 is 2.29 bits per heavy atom. The lowest BCUT2D eigenvalue weighted by molar-refractivity contribution is -0.148. The third-order valence-electron chi connectivity index (χ3n) is 5.77. The Balaban J connectivity index is 3.10. The summed E-state index contributed by atoms with van der Waals surface area (Å²) in [5, 5.41) is 10.1. The van der Waals surface area contributed by atoms with Crippen LogP contribution < -0.4 is 11.3 Å². The largest absolute Gasteiger partial charge is 0.508 e. The Morgan fingerprint density at radius 1 is 1.07 bits per heavy atom. The van der Waals surface area contributed by atoms with Crippen molar-refractivity contribution in [3.8, 4) is 0 Å². The molecule has 158 valence electrons. The number of rotatable bonds is 14. The van der Waals surface area contributed by atoms with E-state index in [1.54, 1.807) is 0 Å². The van der Waals surface area contributed by atoms with Crippen molar-refractivity contribution in [1.29, 1.82) is 0 Å². The summed E-state index contributed by atoms with van der Waals surface area (Å²) in [6, 6.07) is 0. The molecule has 4 N–H and O–H groups in total. The summed E-state index contributed by atoms with van der Waals surface area (Å²) < 4.78 is 0. The van der Waals surface area contributed by atoms with Gasteiger partial charge in [-0.15, -0.1) is 0 Å². The molecule has 0 aromatic heterocycles. The van der Waals surface area contributed by atoms with Crippen molar-refractivity contribution in [1.82, 2.24) is 5.43 Å². The van der Waals surface area contributed by atoms with Crippen LogP contribution in [0.15, 0.2) is 24.0 Å². The lowest BCUT2D eigenvalue weighted by Crippen LogP contribution is -2.57. The van der Waals surface area contributed by atoms with E-state index in [4.69, 9.17) is 5.84 Å². The van der Waals surface area contributed by atoms with Crippen molar-refractivity contribution in [3.63, 3.8) is 0 Å². The number of aliphatic hydroxyl groups excluding tert-OH is 1. The Bertz CT molecular complexity index is 599. The van der Waals surface area contributed by atoms with E-state index in [9.17, 15) is 19.5 Å². The van der Waals surface area contributed by atoms with Crippen LogP contribution in [0, 0.1) is 10.8 Å². The van der Waals surface area contributed by atoms with Crippen LogP contribution in [0.2, 0.25) is 0 Å². The van der Waals surface area contributed by atoms with E-state index in [0.29, 0.717) is 19.1 Å². The first-order chi connectivity index (χ1) is 13.4. The second kappa shape index (κ2) is 11.8. The summed E-state index contributed by atoms with van der Waals surface area (Å²) in [5.41, 5.74) is -1.02. The molecular formula is C22H36N2O4. The molecule has 0 bridgehead atoms. The molecule has 1 aliphatic rings. The normalized spacial score (nSPS) is 23.9. The minimum Gasteiger partial charge on any atom is -0.508 e. The van der Waals surface area contributed by atoms with Crippen molar-refractivity contribution < 1.29 is 19.5 Å². The summed E-state index contributed by atoms with van der Waals surface area (Å²) in [7, 11) is 0. The topological polar surface area (TPSA) is 109 Å². The predicted molar refractivity (Wildman–Crippen MR) is 110 cm³/mol. The first-order valence-corrected chi connectivity index (χ1v) is 10.6. The number of hydrogen-bond donors (Lipinski definition) is 3. The van der Waals surface area contributed by atoms with E-state index < -0.39 is 16.7 Å². The van der Waals surface area contributed by atoms with Gasteiger partial charge in [0.2, 0.25) is 5.91 Å². The van der Waals surface area contributed by atoms with Crippen LogP contribution in [0.25, 0.3) is 0 Å². The van der Waals surface area contributed by atoms with E-state index in [1.165, 1.54) is 24.6 Å². The number of aldehydes is 1. The first-order valence-electron chi connectivity index (χ1n) is 10.6. The second-order valence-corrected chi connectivity index (χ2v) is 7.73. The number of Topliss-reactive ketones (excluding diaryl/α,β-unsaturated/α-hetero) is 1. The molecule has 1 rings (SSSR count). The predicted octanol–water partition coefficient (Wildman–Crippen LogP) is 4.06. The zero-order chi connectivity index (χ0) is 21.0. The standard InChI is InChI=1S/C22H36N2O4/c1-3-5-7-8-9-10-12-19(27)22(17-25)15-13-18(26)16-21(22,20(28)24-23)14-11-6-4-2/h13,15-17,26H,3-12,14,23H2,1-2H3,(H,24,28). The minimum absolute atomic E-state index is 0.134. The van der Waals surface area contributed by atoms with Crippen LogP contribution in [0.5, 0.6) is 0 Å². The summed E-state index contributed by atoms with van der Waals surface area (Å²) in [5.74, 6) is 4.37. The zero-order valence-corrected chi connectivity index (χ0v) is 17.3. The molecule has 0 saturated heterocycles. The number of ketones is 1. The molecule has 0 aliphatic heterocycles. The molecule has 0 aromatic rings. The van der Waals surface area contributed by atoms with Crippen LogP contribution in [0.1, 0.15) is 84.5 Å². The van der Waals surface area contributed by atoms with Gasteiger partial charge in [-0.05, 0) is 25.0 Å². The van der Waals surface area contributed by atoms with Gasteiger partial charge < -0.3 is 9.90 Å². The maximum Gasteiger partial charge on any atom is 0.245 e. The van der Waals surface area contributed by atoms with Crippen LogP contribution in [0.3, 0.4) is 0 Å². The quantitative estimate of drug-likeness (QED) is 0.103. The number of carbonyl (C=O) groups excluding carboxylic acids is 3. The monoisotopic (exact) mass is 392 g/mol. The molecular weight excluding hydrogens is 356 g/mol. The highest BCUT2D eigenvalue weighted by Gasteiger charge is 2.58. The van der Waals surface area contributed by atoms with Crippen molar-refractivity contribution in [2.24, 2.45) is 16.7 Å².